The Hall–Kier alpha value is -2.60. The van der Waals surface area contributed by atoms with Crippen LogP contribution in [0.5, 0.6) is 0 Å². The lowest BCUT2D eigenvalue weighted by molar-refractivity contribution is -0.167. The fourth-order valence-electron chi connectivity index (χ4n) is 2.09. The van der Waals surface area contributed by atoms with Crippen molar-refractivity contribution in [2.45, 2.75) is 58.0 Å². The third kappa shape index (κ3) is 19.4. The van der Waals surface area contributed by atoms with Crippen molar-refractivity contribution >= 4 is 24.1 Å². The minimum atomic E-state index is -0.682. The van der Waals surface area contributed by atoms with Gasteiger partial charge in [-0.1, -0.05) is 0 Å². The van der Waals surface area contributed by atoms with Gasteiger partial charge in [0.15, 0.2) is 0 Å². The summed E-state index contributed by atoms with van der Waals surface area (Å²) >= 11 is 0. The summed E-state index contributed by atoms with van der Waals surface area (Å²) in [6.45, 7) is 2.07. The summed E-state index contributed by atoms with van der Waals surface area (Å²) in [5, 5.41) is 4.69. The maximum absolute atomic E-state index is 11.6. The lowest BCUT2D eigenvalue weighted by Gasteiger charge is -2.11. The predicted octanol–water partition coefficient (Wildman–Crippen LogP) is 1.85. The monoisotopic (exact) mass is 464 g/mol. The predicted molar refractivity (Wildman–Crippen MR) is 112 cm³/mol. The maximum atomic E-state index is 11.6. The topological polar surface area (TPSA) is 148 Å². The van der Waals surface area contributed by atoms with Crippen LogP contribution in [0.4, 0.5) is 9.59 Å². The molecule has 0 radical (unpaired) electrons. The van der Waals surface area contributed by atoms with Gasteiger partial charge in [-0.2, -0.15) is 0 Å². The summed E-state index contributed by atoms with van der Waals surface area (Å²) < 4.78 is 29.2. The molecule has 0 rings (SSSR count). The number of hydrogen-bond acceptors (Lipinski definition) is 10. The zero-order valence-electron chi connectivity index (χ0n) is 19.1. The second kappa shape index (κ2) is 20.3. The van der Waals surface area contributed by atoms with Crippen molar-refractivity contribution in [2.75, 3.05) is 47.5 Å². The third-order valence-electron chi connectivity index (χ3n) is 3.99. The number of alkyl carbamates (subject to hydrolysis) is 2. The molecule has 0 aliphatic carbocycles. The van der Waals surface area contributed by atoms with Gasteiger partial charge in [0.1, 0.15) is 6.61 Å². The molecule has 0 saturated carbocycles. The minimum absolute atomic E-state index is 0.0980. The van der Waals surface area contributed by atoms with Gasteiger partial charge in [0.2, 0.25) is 6.79 Å². The Morgan fingerprint density at radius 3 is 1.88 bits per heavy atom. The second-order valence-electron chi connectivity index (χ2n) is 6.72. The average Bonchev–Trinajstić information content (AvgIpc) is 2.77. The molecule has 2 amide bonds. The molecular weight excluding hydrogens is 428 g/mol. The second-order valence-corrected chi connectivity index (χ2v) is 6.72. The van der Waals surface area contributed by atoms with Crippen LogP contribution in [0, 0.1) is 0 Å². The Morgan fingerprint density at radius 2 is 1.28 bits per heavy atom. The van der Waals surface area contributed by atoms with Crippen molar-refractivity contribution in [3.63, 3.8) is 0 Å². The van der Waals surface area contributed by atoms with E-state index in [9.17, 15) is 19.2 Å². The summed E-state index contributed by atoms with van der Waals surface area (Å²) in [6, 6.07) is 0. The molecule has 0 spiro atoms. The third-order valence-corrected chi connectivity index (χ3v) is 3.99. The molecule has 0 heterocycles. The number of amides is 2. The van der Waals surface area contributed by atoms with E-state index in [1.54, 1.807) is 14.0 Å². The number of methoxy groups -OCH3 is 2. The Kier molecular flexibility index (Phi) is 18.7. The molecule has 0 saturated heterocycles. The normalized spacial score (nSPS) is 11.2. The quantitative estimate of drug-likeness (QED) is 0.133. The number of nitrogens with one attached hydrogen (secondary N) is 2. The molecule has 0 bridgehead atoms. The molecule has 186 valence electrons. The van der Waals surface area contributed by atoms with Crippen molar-refractivity contribution in [1.29, 1.82) is 0 Å². The molecule has 2 N–H and O–H groups in total. The van der Waals surface area contributed by atoms with Crippen molar-refractivity contribution in [1.82, 2.24) is 10.6 Å². The molecule has 1 unspecified atom stereocenters. The summed E-state index contributed by atoms with van der Waals surface area (Å²) in [4.78, 5) is 45.8. The molecular formula is C20H36N2O10. The number of ether oxygens (including phenoxy) is 6. The number of esters is 2. The van der Waals surface area contributed by atoms with Crippen LogP contribution in [0.3, 0.4) is 0 Å². The first-order chi connectivity index (χ1) is 15.4. The number of hydrogen-bond donors (Lipinski definition) is 2. The molecule has 12 nitrogen and oxygen atoms in total. The zero-order chi connectivity index (χ0) is 24.0. The lowest BCUT2D eigenvalue weighted by atomic mass is 10.2. The molecule has 32 heavy (non-hydrogen) atoms. The van der Waals surface area contributed by atoms with Crippen LogP contribution in [-0.4, -0.2) is 77.7 Å². The molecule has 12 heteroatoms. The van der Waals surface area contributed by atoms with E-state index in [-0.39, 0.29) is 38.8 Å². The highest BCUT2D eigenvalue weighted by molar-refractivity contribution is 5.71. The summed E-state index contributed by atoms with van der Waals surface area (Å²) in [7, 11) is 3.09. The smallest absolute Gasteiger partial charge is 0.408 e. The van der Waals surface area contributed by atoms with E-state index in [0.717, 1.165) is 6.42 Å². The van der Waals surface area contributed by atoms with Crippen molar-refractivity contribution < 1.29 is 47.6 Å². The van der Waals surface area contributed by atoms with Crippen LogP contribution in [-0.2, 0) is 38.0 Å². The van der Waals surface area contributed by atoms with Gasteiger partial charge < -0.3 is 39.1 Å². The van der Waals surface area contributed by atoms with Gasteiger partial charge in [0, 0.05) is 33.7 Å². The number of unbranched alkanes of at least 4 members (excludes halogenated alkanes) is 3. The first-order valence-electron chi connectivity index (χ1n) is 10.5. The molecule has 0 aromatic heterocycles. The molecule has 1 atom stereocenters. The van der Waals surface area contributed by atoms with Gasteiger partial charge in [0.25, 0.3) is 0 Å². The number of rotatable bonds is 18. The number of carbonyl (C=O) groups excluding carboxylic acids is 4. The van der Waals surface area contributed by atoms with Crippen LogP contribution in [0.2, 0.25) is 0 Å². The minimum Gasteiger partial charge on any atom is -0.450 e. The zero-order valence-corrected chi connectivity index (χ0v) is 19.1. The average molecular weight is 465 g/mol. The van der Waals surface area contributed by atoms with Crippen molar-refractivity contribution in [3.05, 3.63) is 0 Å². The van der Waals surface area contributed by atoms with Gasteiger partial charge in [-0.25, -0.2) is 9.59 Å². The highest BCUT2D eigenvalue weighted by Crippen LogP contribution is 2.03. The van der Waals surface area contributed by atoms with Gasteiger partial charge in [0.05, 0.1) is 19.4 Å². The van der Waals surface area contributed by atoms with E-state index >= 15 is 0 Å². The van der Waals surface area contributed by atoms with Crippen LogP contribution >= 0.6 is 0 Å². The van der Waals surface area contributed by atoms with E-state index in [4.69, 9.17) is 28.4 Å². The first kappa shape index (κ1) is 29.4. The SMILES string of the molecule is COCCCCC(=O)OCOC(=O)CCCCCOC(=O)NCNC(=O)OCC(C)OC. The fourth-order valence-corrected chi connectivity index (χ4v) is 2.09. The maximum Gasteiger partial charge on any atom is 0.408 e. The van der Waals surface area contributed by atoms with E-state index < -0.39 is 30.9 Å². The molecule has 0 aromatic carbocycles. The van der Waals surface area contributed by atoms with Crippen molar-refractivity contribution in [3.8, 4) is 0 Å². The van der Waals surface area contributed by atoms with Crippen LogP contribution < -0.4 is 10.6 Å². The van der Waals surface area contributed by atoms with Crippen molar-refractivity contribution in [2.24, 2.45) is 0 Å². The molecule has 0 aliphatic rings. The Balaban J connectivity index is 3.52. The number of carbonyl (C=O) groups is 4. The Morgan fingerprint density at radius 1 is 0.719 bits per heavy atom. The summed E-state index contributed by atoms with van der Waals surface area (Å²) in [6.07, 6.45) is 1.99. The van der Waals surface area contributed by atoms with Crippen LogP contribution in [0.25, 0.3) is 0 Å². The molecule has 0 fully saturated rings. The van der Waals surface area contributed by atoms with Crippen LogP contribution in [0.1, 0.15) is 51.9 Å². The van der Waals surface area contributed by atoms with Gasteiger partial charge in [-0.3, -0.25) is 9.59 Å². The Labute approximate surface area is 188 Å². The lowest BCUT2D eigenvalue weighted by Crippen LogP contribution is -2.38. The Bertz CT molecular complexity index is 544. The summed E-state index contributed by atoms with van der Waals surface area (Å²) in [5.41, 5.74) is 0. The van der Waals surface area contributed by atoms with E-state index in [0.29, 0.717) is 32.3 Å². The summed E-state index contributed by atoms with van der Waals surface area (Å²) in [5.74, 6) is -0.884. The standard InChI is InChI=1S/C20H36N2O10/c1-16(28-3)13-30-20(26)22-14-21-19(25)29-12-7-4-5-9-17(23)31-15-32-18(24)10-6-8-11-27-2/h16H,4-15H2,1-3H3,(H,21,25)(H,22,26). The van der Waals surface area contributed by atoms with E-state index in [2.05, 4.69) is 10.6 Å². The van der Waals surface area contributed by atoms with Gasteiger partial charge >= 0.3 is 24.1 Å². The highest BCUT2D eigenvalue weighted by atomic mass is 16.7. The van der Waals surface area contributed by atoms with Gasteiger partial charge in [-0.15, -0.1) is 0 Å². The van der Waals surface area contributed by atoms with E-state index in [1.807, 2.05) is 0 Å². The molecule has 0 aromatic rings. The fraction of sp³-hybridized carbons (Fsp3) is 0.800. The van der Waals surface area contributed by atoms with Crippen LogP contribution in [0.15, 0.2) is 0 Å². The first-order valence-corrected chi connectivity index (χ1v) is 10.5. The largest absolute Gasteiger partial charge is 0.450 e. The van der Waals surface area contributed by atoms with E-state index in [1.165, 1.54) is 7.11 Å². The highest BCUT2D eigenvalue weighted by Gasteiger charge is 2.08. The van der Waals surface area contributed by atoms with Gasteiger partial charge in [-0.05, 0) is 39.0 Å². The molecule has 0 aliphatic heterocycles.